The van der Waals surface area contributed by atoms with Crippen LogP contribution in [0.4, 0.5) is 4.39 Å². The Morgan fingerprint density at radius 1 is 1.07 bits per heavy atom. The number of carbonyl (C=O) groups excluding carboxylic acids is 1. The van der Waals surface area contributed by atoms with Gasteiger partial charge in [0.2, 0.25) is 15.9 Å². The molecule has 0 aliphatic heterocycles. The zero-order chi connectivity index (χ0) is 19.3. The molecule has 0 spiro atoms. The van der Waals surface area contributed by atoms with Crippen molar-refractivity contribution in [2.75, 3.05) is 6.54 Å². The smallest absolute Gasteiger partial charge is 0.241 e. The number of benzene rings is 2. The molecule has 0 aliphatic rings. The summed E-state index contributed by atoms with van der Waals surface area (Å²) >= 11 is 1.59. The molecule has 8 heteroatoms. The van der Waals surface area contributed by atoms with Crippen LogP contribution in [-0.2, 0) is 21.4 Å². The van der Waals surface area contributed by atoms with Gasteiger partial charge in [0.05, 0.1) is 11.4 Å². The van der Waals surface area contributed by atoms with Crippen molar-refractivity contribution in [1.29, 1.82) is 0 Å². The molecule has 1 heterocycles. The lowest BCUT2D eigenvalue weighted by Gasteiger charge is -2.11. The Kier molecular flexibility index (Phi) is 6.00. The molecule has 140 valence electrons. The summed E-state index contributed by atoms with van der Waals surface area (Å²) in [6, 6.07) is 14.3. The molecule has 27 heavy (non-hydrogen) atoms. The van der Waals surface area contributed by atoms with Crippen molar-refractivity contribution in [3.8, 4) is 11.1 Å². The molecule has 2 aromatic carbocycles. The summed E-state index contributed by atoms with van der Waals surface area (Å²) in [4.78, 5) is 11.8. The van der Waals surface area contributed by atoms with E-state index in [4.69, 9.17) is 0 Å². The highest BCUT2D eigenvalue weighted by Crippen LogP contribution is 2.25. The summed E-state index contributed by atoms with van der Waals surface area (Å²) in [5.41, 5.74) is 3.01. The van der Waals surface area contributed by atoms with E-state index in [0.717, 1.165) is 28.8 Å². The minimum atomic E-state index is -3.95. The van der Waals surface area contributed by atoms with Gasteiger partial charge >= 0.3 is 0 Å². The number of rotatable bonds is 7. The number of halogens is 1. The third-order valence-corrected chi connectivity index (χ3v) is 5.94. The number of amides is 1. The van der Waals surface area contributed by atoms with E-state index in [1.54, 1.807) is 11.3 Å². The Labute approximate surface area is 160 Å². The van der Waals surface area contributed by atoms with Gasteiger partial charge < -0.3 is 5.32 Å². The number of thiophene rings is 1. The molecule has 3 rings (SSSR count). The molecule has 2 N–H and O–H groups in total. The van der Waals surface area contributed by atoms with Crippen molar-refractivity contribution >= 4 is 27.3 Å². The van der Waals surface area contributed by atoms with Gasteiger partial charge in [-0.25, -0.2) is 17.5 Å². The van der Waals surface area contributed by atoms with Crippen LogP contribution < -0.4 is 10.0 Å². The summed E-state index contributed by atoms with van der Waals surface area (Å²) in [6.45, 7) is -0.161. The van der Waals surface area contributed by atoms with Crippen LogP contribution in [-0.4, -0.2) is 20.9 Å². The maximum atomic E-state index is 13.2. The minimum Gasteiger partial charge on any atom is -0.351 e. The molecule has 0 radical (unpaired) electrons. The Bertz CT molecular complexity index is 1030. The first kappa shape index (κ1) is 19.2. The van der Waals surface area contributed by atoms with E-state index >= 15 is 0 Å². The quantitative estimate of drug-likeness (QED) is 0.635. The summed E-state index contributed by atoms with van der Waals surface area (Å²) in [6.07, 6.45) is 0. The first-order chi connectivity index (χ1) is 13.0. The van der Waals surface area contributed by atoms with Gasteiger partial charge in [-0.3, -0.25) is 4.79 Å². The third kappa shape index (κ3) is 5.00. The lowest BCUT2D eigenvalue weighted by molar-refractivity contribution is -0.120. The number of hydrogen-bond acceptors (Lipinski definition) is 4. The first-order valence-electron chi connectivity index (χ1n) is 8.08. The molecule has 0 bridgehead atoms. The van der Waals surface area contributed by atoms with Crippen LogP contribution in [0.5, 0.6) is 0 Å². The van der Waals surface area contributed by atoms with Crippen LogP contribution in [0.3, 0.4) is 0 Å². The third-order valence-electron chi connectivity index (χ3n) is 3.85. The predicted octanol–water partition coefficient (Wildman–Crippen LogP) is 3.15. The van der Waals surface area contributed by atoms with E-state index in [1.165, 1.54) is 12.1 Å². The summed E-state index contributed by atoms with van der Waals surface area (Å²) < 4.78 is 39.6. The number of sulfonamides is 1. The van der Waals surface area contributed by atoms with Gasteiger partial charge in [0.1, 0.15) is 5.82 Å². The second-order valence-corrected chi connectivity index (χ2v) is 8.27. The molecule has 1 aromatic heterocycles. The zero-order valence-corrected chi connectivity index (χ0v) is 15.8. The maximum Gasteiger partial charge on any atom is 0.241 e. The van der Waals surface area contributed by atoms with E-state index in [2.05, 4.69) is 10.0 Å². The van der Waals surface area contributed by atoms with Crippen LogP contribution in [0, 0.1) is 5.82 Å². The molecule has 1 amide bonds. The molecule has 0 unspecified atom stereocenters. The maximum absolute atomic E-state index is 13.2. The second-order valence-electron chi connectivity index (χ2n) is 5.73. The average Bonchev–Trinajstić information content (AvgIpc) is 3.19. The monoisotopic (exact) mass is 404 g/mol. The average molecular weight is 404 g/mol. The highest BCUT2D eigenvalue weighted by molar-refractivity contribution is 7.89. The van der Waals surface area contributed by atoms with Gasteiger partial charge in [0.15, 0.2) is 0 Å². The Balaban J connectivity index is 1.60. The highest BCUT2D eigenvalue weighted by atomic mass is 32.2. The Morgan fingerprint density at radius 2 is 1.89 bits per heavy atom. The minimum absolute atomic E-state index is 0.224. The lowest BCUT2D eigenvalue weighted by Crippen LogP contribution is -2.36. The van der Waals surface area contributed by atoms with Crippen LogP contribution in [0.1, 0.15) is 5.56 Å². The molecule has 3 aromatic rings. The fraction of sp³-hybridized carbons (Fsp3) is 0.105. The van der Waals surface area contributed by atoms with Crippen LogP contribution in [0.2, 0.25) is 0 Å². The van der Waals surface area contributed by atoms with E-state index in [1.807, 2.05) is 41.1 Å². The number of hydrogen-bond donors (Lipinski definition) is 2. The van der Waals surface area contributed by atoms with E-state index < -0.39 is 28.3 Å². The first-order valence-corrected chi connectivity index (χ1v) is 10.5. The van der Waals surface area contributed by atoms with Gasteiger partial charge in [0, 0.05) is 6.54 Å². The molecule has 5 nitrogen and oxygen atoms in total. The topological polar surface area (TPSA) is 75.3 Å². The van der Waals surface area contributed by atoms with Gasteiger partial charge in [-0.15, -0.1) is 0 Å². The highest BCUT2D eigenvalue weighted by Gasteiger charge is 2.16. The molecule has 0 fully saturated rings. The summed E-state index contributed by atoms with van der Waals surface area (Å²) in [7, 11) is -3.95. The van der Waals surface area contributed by atoms with Crippen LogP contribution in [0.25, 0.3) is 11.1 Å². The van der Waals surface area contributed by atoms with Crippen molar-refractivity contribution in [1.82, 2.24) is 10.0 Å². The standard InChI is InChI=1S/C19H17FN2O3S2/c20-16-5-3-6-17(10-16)27(24,25)22-12-19(23)21-11-14-4-1-2-7-18(14)15-8-9-26-13-15/h1-10,13,22H,11-12H2,(H,21,23). The van der Waals surface area contributed by atoms with Crippen molar-refractivity contribution < 1.29 is 17.6 Å². The van der Waals surface area contributed by atoms with Gasteiger partial charge in [-0.2, -0.15) is 11.3 Å². The lowest BCUT2D eigenvalue weighted by atomic mass is 10.0. The molecule has 0 saturated heterocycles. The second kappa shape index (κ2) is 8.43. The van der Waals surface area contributed by atoms with E-state index in [0.29, 0.717) is 0 Å². The fourth-order valence-corrected chi connectivity index (χ4v) is 4.18. The molecule has 0 saturated carbocycles. The predicted molar refractivity (Wildman–Crippen MR) is 103 cm³/mol. The normalized spacial score (nSPS) is 11.3. The molecular formula is C19H17FN2O3S2. The molecule has 0 atom stereocenters. The summed E-state index contributed by atoms with van der Waals surface area (Å²) in [5.74, 6) is -1.14. The molecule has 0 aliphatic carbocycles. The zero-order valence-electron chi connectivity index (χ0n) is 14.2. The molecular weight excluding hydrogens is 387 g/mol. The van der Waals surface area contributed by atoms with Crippen LogP contribution >= 0.6 is 11.3 Å². The largest absolute Gasteiger partial charge is 0.351 e. The van der Waals surface area contributed by atoms with Gasteiger partial charge in [-0.1, -0.05) is 30.3 Å². The van der Waals surface area contributed by atoms with Crippen LogP contribution in [0.15, 0.2) is 70.3 Å². The van der Waals surface area contributed by atoms with Gasteiger partial charge in [0.25, 0.3) is 0 Å². The number of nitrogens with one attached hydrogen (secondary N) is 2. The van der Waals surface area contributed by atoms with E-state index in [9.17, 15) is 17.6 Å². The Morgan fingerprint density at radius 3 is 2.63 bits per heavy atom. The van der Waals surface area contributed by atoms with Crippen molar-refractivity contribution in [2.45, 2.75) is 11.4 Å². The van der Waals surface area contributed by atoms with Crippen molar-refractivity contribution in [3.63, 3.8) is 0 Å². The summed E-state index contributed by atoms with van der Waals surface area (Å²) in [5, 5.41) is 6.70. The SMILES string of the molecule is O=C(CNS(=O)(=O)c1cccc(F)c1)NCc1ccccc1-c1ccsc1. The number of carbonyl (C=O) groups is 1. The Hall–Kier alpha value is -2.55. The van der Waals surface area contributed by atoms with Gasteiger partial charge in [-0.05, 0) is 51.7 Å². The van der Waals surface area contributed by atoms with Crippen molar-refractivity contribution in [3.05, 3.63) is 76.7 Å². The van der Waals surface area contributed by atoms with Crippen molar-refractivity contribution in [2.24, 2.45) is 0 Å². The van der Waals surface area contributed by atoms with E-state index in [-0.39, 0.29) is 11.4 Å². The fourth-order valence-electron chi connectivity index (χ4n) is 2.51.